The number of amides is 1. The highest BCUT2D eigenvalue weighted by Crippen LogP contribution is 2.32. The van der Waals surface area contributed by atoms with Crippen LogP contribution in [0.3, 0.4) is 0 Å². The molecule has 0 spiro atoms. The maximum Gasteiger partial charge on any atom is 0.220 e. The normalized spacial score (nSPS) is 40.5. The first-order valence-corrected chi connectivity index (χ1v) is 8.71. The average Bonchev–Trinajstić information content (AvgIpc) is 2.76. The number of piperidine rings is 1. The monoisotopic (exact) mass is 278 g/mol. The minimum atomic E-state index is 0.300. The van der Waals surface area contributed by atoms with Crippen molar-refractivity contribution in [3.63, 3.8) is 0 Å². The Balaban J connectivity index is 1.37. The third-order valence-electron chi connectivity index (χ3n) is 5.68. The van der Waals surface area contributed by atoms with Crippen molar-refractivity contribution >= 4 is 5.91 Å². The maximum absolute atomic E-state index is 12.1. The predicted octanol–water partition coefficient (Wildman–Crippen LogP) is 2.85. The summed E-state index contributed by atoms with van der Waals surface area (Å²) in [4.78, 5) is 12.1. The lowest BCUT2D eigenvalue weighted by atomic mass is 9.82. The lowest BCUT2D eigenvalue weighted by Crippen LogP contribution is -2.40. The molecule has 2 aliphatic heterocycles. The largest absolute Gasteiger partial charge is 0.356 e. The standard InChI is InChI=1S/C17H30N2O/c1-12-3-2-4-13(7-12)11-18-17(20)10-14-8-15-5-6-16(9-14)19-15/h12-16,19H,2-11H2,1H3,(H,18,20). The van der Waals surface area contributed by atoms with Gasteiger partial charge in [-0.1, -0.05) is 19.8 Å². The van der Waals surface area contributed by atoms with Crippen molar-refractivity contribution in [2.24, 2.45) is 17.8 Å². The molecule has 0 aromatic heterocycles. The highest BCUT2D eigenvalue weighted by molar-refractivity contribution is 5.76. The highest BCUT2D eigenvalue weighted by Gasteiger charge is 2.34. The van der Waals surface area contributed by atoms with Gasteiger partial charge in [0.1, 0.15) is 0 Å². The van der Waals surface area contributed by atoms with Crippen molar-refractivity contribution in [2.45, 2.75) is 76.8 Å². The van der Waals surface area contributed by atoms with Crippen LogP contribution in [0.4, 0.5) is 0 Å². The van der Waals surface area contributed by atoms with Crippen molar-refractivity contribution in [3.05, 3.63) is 0 Å². The third-order valence-corrected chi connectivity index (χ3v) is 5.68. The van der Waals surface area contributed by atoms with E-state index in [1.807, 2.05) is 0 Å². The first-order chi connectivity index (χ1) is 9.69. The molecule has 4 atom stereocenters. The van der Waals surface area contributed by atoms with E-state index in [9.17, 15) is 4.79 Å². The SMILES string of the molecule is CC1CCCC(CNC(=O)CC2CC3CCC(C2)N3)C1. The Morgan fingerprint density at radius 3 is 2.50 bits per heavy atom. The van der Waals surface area contributed by atoms with E-state index in [1.165, 1.54) is 51.4 Å². The van der Waals surface area contributed by atoms with Gasteiger partial charge < -0.3 is 10.6 Å². The van der Waals surface area contributed by atoms with Gasteiger partial charge in [0.2, 0.25) is 5.91 Å². The summed E-state index contributed by atoms with van der Waals surface area (Å²) in [6, 6.07) is 1.40. The van der Waals surface area contributed by atoms with Gasteiger partial charge in [0.25, 0.3) is 0 Å². The Hall–Kier alpha value is -0.570. The molecule has 0 aromatic rings. The third kappa shape index (κ3) is 3.75. The number of rotatable bonds is 4. The van der Waals surface area contributed by atoms with Crippen LogP contribution in [0, 0.1) is 17.8 Å². The molecule has 0 radical (unpaired) electrons. The molecule has 2 bridgehead atoms. The maximum atomic E-state index is 12.1. The second-order valence-corrected chi connectivity index (χ2v) is 7.62. The Kier molecular flexibility index (Phi) is 4.65. The molecule has 2 saturated heterocycles. The number of carbonyl (C=O) groups is 1. The van der Waals surface area contributed by atoms with Crippen LogP contribution in [0.5, 0.6) is 0 Å². The molecule has 1 aliphatic carbocycles. The molecule has 3 rings (SSSR count). The molecule has 0 aromatic carbocycles. The van der Waals surface area contributed by atoms with Gasteiger partial charge in [-0.15, -0.1) is 0 Å². The number of hydrogen-bond acceptors (Lipinski definition) is 2. The van der Waals surface area contributed by atoms with Crippen LogP contribution in [0.25, 0.3) is 0 Å². The quantitative estimate of drug-likeness (QED) is 0.830. The molecule has 2 heterocycles. The van der Waals surface area contributed by atoms with Crippen molar-refractivity contribution in [3.8, 4) is 0 Å². The number of fused-ring (bicyclic) bond motifs is 2. The van der Waals surface area contributed by atoms with Gasteiger partial charge in [-0.2, -0.15) is 0 Å². The van der Waals surface area contributed by atoms with Crippen molar-refractivity contribution in [2.75, 3.05) is 6.54 Å². The zero-order valence-corrected chi connectivity index (χ0v) is 12.9. The van der Waals surface area contributed by atoms with Crippen LogP contribution in [0.15, 0.2) is 0 Å². The van der Waals surface area contributed by atoms with E-state index in [0.29, 0.717) is 23.9 Å². The fourth-order valence-corrected chi connectivity index (χ4v) is 4.68. The Bertz CT molecular complexity index is 332. The highest BCUT2D eigenvalue weighted by atomic mass is 16.1. The minimum Gasteiger partial charge on any atom is -0.356 e. The molecule has 4 unspecified atom stereocenters. The molecule has 2 N–H and O–H groups in total. The van der Waals surface area contributed by atoms with E-state index in [1.54, 1.807) is 0 Å². The molecule has 20 heavy (non-hydrogen) atoms. The fraction of sp³-hybridized carbons (Fsp3) is 0.941. The lowest BCUT2D eigenvalue weighted by molar-refractivity contribution is -0.122. The van der Waals surface area contributed by atoms with Gasteiger partial charge in [-0.25, -0.2) is 0 Å². The molecule has 3 heteroatoms. The number of hydrogen-bond donors (Lipinski definition) is 2. The van der Waals surface area contributed by atoms with Crippen molar-refractivity contribution in [1.82, 2.24) is 10.6 Å². The Morgan fingerprint density at radius 2 is 1.80 bits per heavy atom. The molecule has 1 amide bonds. The van der Waals surface area contributed by atoms with E-state index in [-0.39, 0.29) is 0 Å². The van der Waals surface area contributed by atoms with Gasteiger partial charge in [0.15, 0.2) is 0 Å². The summed E-state index contributed by atoms with van der Waals surface area (Å²) in [5.74, 6) is 2.51. The van der Waals surface area contributed by atoms with Crippen LogP contribution in [-0.2, 0) is 4.79 Å². The van der Waals surface area contributed by atoms with Gasteiger partial charge in [-0.3, -0.25) is 4.79 Å². The summed E-state index contributed by atoms with van der Waals surface area (Å²) >= 11 is 0. The van der Waals surface area contributed by atoms with Gasteiger partial charge >= 0.3 is 0 Å². The lowest BCUT2D eigenvalue weighted by Gasteiger charge is -2.29. The fourth-order valence-electron chi connectivity index (χ4n) is 4.68. The Morgan fingerprint density at radius 1 is 1.05 bits per heavy atom. The van der Waals surface area contributed by atoms with E-state index in [0.717, 1.165) is 24.8 Å². The molecular formula is C17H30N2O. The van der Waals surface area contributed by atoms with Crippen LogP contribution < -0.4 is 10.6 Å². The first kappa shape index (κ1) is 14.4. The van der Waals surface area contributed by atoms with Crippen molar-refractivity contribution in [1.29, 1.82) is 0 Å². The van der Waals surface area contributed by atoms with Crippen LogP contribution in [0.2, 0.25) is 0 Å². The molecule has 3 nitrogen and oxygen atoms in total. The van der Waals surface area contributed by atoms with Crippen molar-refractivity contribution < 1.29 is 4.79 Å². The molecule has 114 valence electrons. The summed E-state index contributed by atoms with van der Waals surface area (Å²) in [6.07, 6.45) is 11.2. The summed E-state index contributed by atoms with van der Waals surface area (Å²) in [5.41, 5.74) is 0. The van der Waals surface area contributed by atoms with Gasteiger partial charge in [-0.05, 0) is 56.3 Å². The second kappa shape index (κ2) is 6.46. The molecule has 3 fully saturated rings. The zero-order chi connectivity index (χ0) is 13.9. The number of carbonyl (C=O) groups excluding carboxylic acids is 1. The average molecular weight is 278 g/mol. The summed E-state index contributed by atoms with van der Waals surface area (Å²) in [5, 5.41) is 6.86. The first-order valence-electron chi connectivity index (χ1n) is 8.71. The van der Waals surface area contributed by atoms with E-state index in [4.69, 9.17) is 0 Å². The van der Waals surface area contributed by atoms with Crippen LogP contribution >= 0.6 is 0 Å². The molecular weight excluding hydrogens is 248 g/mol. The van der Waals surface area contributed by atoms with Crippen LogP contribution in [0.1, 0.15) is 64.7 Å². The molecule has 1 saturated carbocycles. The molecule has 3 aliphatic rings. The van der Waals surface area contributed by atoms with E-state index in [2.05, 4.69) is 17.6 Å². The Labute approximate surface area is 123 Å². The summed E-state index contributed by atoms with van der Waals surface area (Å²) in [7, 11) is 0. The van der Waals surface area contributed by atoms with Gasteiger partial charge in [0, 0.05) is 25.0 Å². The second-order valence-electron chi connectivity index (χ2n) is 7.62. The number of nitrogens with one attached hydrogen (secondary N) is 2. The predicted molar refractivity (Wildman–Crippen MR) is 81.4 cm³/mol. The van der Waals surface area contributed by atoms with E-state index < -0.39 is 0 Å². The topological polar surface area (TPSA) is 41.1 Å². The smallest absolute Gasteiger partial charge is 0.220 e. The van der Waals surface area contributed by atoms with E-state index >= 15 is 0 Å². The van der Waals surface area contributed by atoms with Gasteiger partial charge in [0.05, 0.1) is 0 Å². The summed E-state index contributed by atoms with van der Waals surface area (Å²) in [6.45, 7) is 3.26. The summed E-state index contributed by atoms with van der Waals surface area (Å²) < 4.78 is 0. The van der Waals surface area contributed by atoms with Crippen LogP contribution in [-0.4, -0.2) is 24.5 Å². The zero-order valence-electron chi connectivity index (χ0n) is 12.9. The minimum absolute atomic E-state index is 0.300.